The van der Waals surface area contributed by atoms with Crippen molar-refractivity contribution in [1.29, 1.82) is 0 Å². The highest BCUT2D eigenvalue weighted by atomic mass is 16.5. The average Bonchev–Trinajstić information content (AvgIpc) is 2.38. The van der Waals surface area contributed by atoms with Crippen molar-refractivity contribution in [3.05, 3.63) is 29.8 Å². The standard InChI is InChI=1S/C14H21NO/c1-16-14-9-5-4-8-13(14)12-7-3-2-6-11(12)10-15/h4-5,8-9,11-12H,2-3,6-7,10,15H2,1H3. The van der Waals surface area contributed by atoms with E-state index >= 15 is 0 Å². The van der Waals surface area contributed by atoms with Crippen molar-refractivity contribution in [3.8, 4) is 5.75 Å². The van der Waals surface area contributed by atoms with Gasteiger partial charge in [0.25, 0.3) is 0 Å². The Balaban J connectivity index is 2.26. The van der Waals surface area contributed by atoms with Crippen LogP contribution in [0.1, 0.15) is 37.2 Å². The highest BCUT2D eigenvalue weighted by Gasteiger charge is 2.27. The Hall–Kier alpha value is -1.02. The number of ether oxygens (including phenoxy) is 1. The van der Waals surface area contributed by atoms with Crippen LogP contribution in [0, 0.1) is 5.92 Å². The zero-order valence-electron chi connectivity index (χ0n) is 9.99. The molecule has 1 saturated carbocycles. The molecule has 0 heterocycles. The molecule has 2 heteroatoms. The monoisotopic (exact) mass is 219 g/mol. The lowest BCUT2D eigenvalue weighted by atomic mass is 9.75. The molecule has 0 aromatic heterocycles. The maximum Gasteiger partial charge on any atom is 0.122 e. The van der Waals surface area contributed by atoms with Gasteiger partial charge in [-0.25, -0.2) is 0 Å². The van der Waals surface area contributed by atoms with Gasteiger partial charge in [-0.05, 0) is 42.9 Å². The fourth-order valence-electron chi connectivity index (χ4n) is 2.87. The van der Waals surface area contributed by atoms with Crippen LogP contribution in [0.4, 0.5) is 0 Å². The summed E-state index contributed by atoms with van der Waals surface area (Å²) in [5.74, 6) is 2.24. The third kappa shape index (κ3) is 2.22. The Morgan fingerprint density at radius 1 is 1.25 bits per heavy atom. The van der Waals surface area contributed by atoms with Gasteiger partial charge < -0.3 is 10.5 Å². The van der Waals surface area contributed by atoms with Crippen molar-refractivity contribution in [1.82, 2.24) is 0 Å². The number of para-hydroxylation sites is 1. The zero-order valence-corrected chi connectivity index (χ0v) is 9.99. The fourth-order valence-corrected chi connectivity index (χ4v) is 2.87. The second-order valence-corrected chi connectivity index (χ2v) is 4.63. The molecule has 1 aromatic carbocycles. The molecule has 0 radical (unpaired) electrons. The topological polar surface area (TPSA) is 35.2 Å². The number of nitrogens with two attached hydrogens (primary N) is 1. The van der Waals surface area contributed by atoms with E-state index in [2.05, 4.69) is 18.2 Å². The average molecular weight is 219 g/mol. The van der Waals surface area contributed by atoms with Gasteiger partial charge in [0.2, 0.25) is 0 Å². The SMILES string of the molecule is COc1ccccc1C1CCCCC1CN. The van der Waals surface area contributed by atoms with Crippen LogP contribution in [0.2, 0.25) is 0 Å². The van der Waals surface area contributed by atoms with Gasteiger partial charge in [-0.2, -0.15) is 0 Å². The van der Waals surface area contributed by atoms with Crippen LogP contribution in [-0.2, 0) is 0 Å². The first-order valence-electron chi connectivity index (χ1n) is 6.19. The highest BCUT2D eigenvalue weighted by Crippen LogP contribution is 2.40. The summed E-state index contributed by atoms with van der Waals surface area (Å²) in [5, 5.41) is 0. The molecule has 2 nitrogen and oxygen atoms in total. The summed E-state index contributed by atoms with van der Waals surface area (Å²) in [7, 11) is 1.75. The smallest absolute Gasteiger partial charge is 0.122 e. The van der Waals surface area contributed by atoms with Crippen LogP contribution in [0.5, 0.6) is 5.75 Å². The molecule has 88 valence electrons. The van der Waals surface area contributed by atoms with Crippen LogP contribution in [-0.4, -0.2) is 13.7 Å². The first-order valence-corrected chi connectivity index (χ1v) is 6.19. The van der Waals surface area contributed by atoms with Gasteiger partial charge >= 0.3 is 0 Å². The molecule has 0 amide bonds. The van der Waals surface area contributed by atoms with Gasteiger partial charge in [0.15, 0.2) is 0 Å². The van der Waals surface area contributed by atoms with Gasteiger partial charge in [0.1, 0.15) is 5.75 Å². The Morgan fingerprint density at radius 3 is 2.75 bits per heavy atom. The van der Waals surface area contributed by atoms with Crippen molar-refractivity contribution in [2.75, 3.05) is 13.7 Å². The summed E-state index contributed by atoms with van der Waals surface area (Å²) < 4.78 is 5.45. The van der Waals surface area contributed by atoms with E-state index in [1.54, 1.807) is 7.11 Å². The maximum atomic E-state index is 5.88. The van der Waals surface area contributed by atoms with Crippen LogP contribution < -0.4 is 10.5 Å². The summed E-state index contributed by atoms with van der Waals surface area (Å²) in [4.78, 5) is 0. The minimum absolute atomic E-state index is 0.592. The van der Waals surface area contributed by atoms with E-state index in [9.17, 15) is 0 Å². The third-order valence-corrected chi connectivity index (χ3v) is 3.75. The first kappa shape index (κ1) is 11.5. The number of benzene rings is 1. The molecule has 1 fully saturated rings. The molecule has 1 aromatic rings. The van der Waals surface area contributed by atoms with Gasteiger partial charge in [-0.3, -0.25) is 0 Å². The molecule has 0 bridgehead atoms. The minimum atomic E-state index is 0.592. The van der Waals surface area contributed by atoms with Gasteiger partial charge in [-0.15, -0.1) is 0 Å². The summed E-state index contributed by atoms with van der Waals surface area (Å²) in [6.07, 6.45) is 5.16. The molecule has 2 rings (SSSR count). The van der Waals surface area contributed by atoms with Crippen LogP contribution in [0.3, 0.4) is 0 Å². The quantitative estimate of drug-likeness (QED) is 0.848. The van der Waals surface area contributed by atoms with Crippen LogP contribution in [0.15, 0.2) is 24.3 Å². The van der Waals surface area contributed by atoms with Crippen LogP contribution >= 0.6 is 0 Å². The van der Waals surface area contributed by atoms with Crippen molar-refractivity contribution in [2.45, 2.75) is 31.6 Å². The Bertz CT molecular complexity index is 337. The maximum absolute atomic E-state index is 5.88. The molecule has 2 N–H and O–H groups in total. The van der Waals surface area contributed by atoms with E-state index in [1.165, 1.54) is 31.2 Å². The molecule has 0 spiro atoms. The van der Waals surface area contributed by atoms with Crippen LogP contribution in [0.25, 0.3) is 0 Å². The predicted octanol–water partition coefficient (Wildman–Crippen LogP) is 2.93. The number of methoxy groups -OCH3 is 1. The number of hydrogen-bond acceptors (Lipinski definition) is 2. The molecular formula is C14H21NO. The van der Waals surface area contributed by atoms with E-state index in [0.717, 1.165) is 12.3 Å². The van der Waals surface area contributed by atoms with Crippen molar-refractivity contribution >= 4 is 0 Å². The Kier molecular flexibility index (Phi) is 3.83. The highest BCUT2D eigenvalue weighted by molar-refractivity contribution is 5.36. The summed E-state index contributed by atoms with van der Waals surface area (Å²) in [6, 6.07) is 8.37. The van der Waals surface area contributed by atoms with E-state index < -0.39 is 0 Å². The normalized spacial score (nSPS) is 25.4. The first-order chi connectivity index (χ1) is 7.86. The molecule has 2 unspecified atom stereocenters. The van der Waals surface area contributed by atoms with Crippen molar-refractivity contribution in [3.63, 3.8) is 0 Å². The van der Waals surface area contributed by atoms with E-state index in [-0.39, 0.29) is 0 Å². The van der Waals surface area contributed by atoms with E-state index in [4.69, 9.17) is 10.5 Å². The Labute approximate surface area is 97.8 Å². The molecule has 2 atom stereocenters. The summed E-state index contributed by atoms with van der Waals surface area (Å²) in [6.45, 7) is 0.794. The molecule has 16 heavy (non-hydrogen) atoms. The predicted molar refractivity (Wildman–Crippen MR) is 66.7 cm³/mol. The number of rotatable bonds is 3. The molecule has 0 aliphatic heterocycles. The lowest BCUT2D eigenvalue weighted by Crippen LogP contribution is -2.25. The fraction of sp³-hybridized carbons (Fsp3) is 0.571. The molecule has 1 aliphatic rings. The van der Waals surface area contributed by atoms with Gasteiger partial charge in [0.05, 0.1) is 7.11 Å². The molecular weight excluding hydrogens is 198 g/mol. The lowest BCUT2D eigenvalue weighted by Gasteiger charge is -2.31. The summed E-state index contributed by atoms with van der Waals surface area (Å²) in [5.41, 5.74) is 7.23. The molecule has 1 aliphatic carbocycles. The number of hydrogen-bond donors (Lipinski definition) is 1. The minimum Gasteiger partial charge on any atom is -0.496 e. The van der Waals surface area contributed by atoms with Gasteiger partial charge in [-0.1, -0.05) is 31.0 Å². The van der Waals surface area contributed by atoms with Crippen molar-refractivity contribution < 1.29 is 4.74 Å². The zero-order chi connectivity index (χ0) is 11.4. The van der Waals surface area contributed by atoms with E-state index in [1.807, 2.05) is 6.07 Å². The van der Waals surface area contributed by atoms with Gasteiger partial charge in [0, 0.05) is 0 Å². The summed E-state index contributed by atoms with van der Waals surface area (Å²) >= 11 is 0. The third-order valence-electron chi connectivity index (χ3n) is 3.75. The second kappa shape index (κ2) is 5.35. The second-order valence-electron chi connectivity index (χ2n) is 4.63. The Morgan fingerprint density at radius 2 is 2.00 bits per heavy atom. The largest absolute Gasteiger partial charge is 0.496 e. The molecule has 0 saturated heterocycles. The van der Waals surface area contributed by atoms with Crippen molar-refractivity contribution in [2.24, 2.45) is 11.7 Å². The lowest BCUT2D eigenvalue weighted by molar-refractivity contribution is 0.304. The van der Waals surface area contributed by atoms with E-state index in [0.29, 0.717) is 11.8 Å².